The number of hydrogen-bond acceptors (Lipinski definition) is 3. The van der Waals surface area contributed by atoms with Crippen molar-refractivity contribution in [1.29, 1.82) is 0 Å². The number of aromatic nitrogens is 2. The fraction of sp³-hybridized carbons (Fsp3) is 0. The van der Waals surface area contributed by atoms with Crippen molar-refractivity contribution in [3.05, 3.63) is 46.3 Å². The first kappa shape index (κ1) is 10.3. The van der Waals surface area contributed by atoms with Crippen molar-refractivity contribution in [2.75, 3.05) is 0 Å². The summed E-state index contributed by atoms with van der Waals surface area (Å²) in [5, 5.41) is 9.07. The summed E-state index contributed by atoms with van der Waals surface area (Å²) < 4.78 is 26.2. The zero-order valence-electron chi connectivity index (χ0n) is 7.87. The lowest BCUT2D eigenvalue weighted by Crippen LogP contribution is -2.07. The molecule has 0 unspecified atom stereocenters. The van der Waals surface area contributed by atoms with Crippen molar-refractivity contribution >= 4 is 0 Å². The predicted octanol–water partition coefficient (Wildman–Crippen LogP) is 1.42. The van der Waals surface area contributed by atoms with Gasteiger partial charge in [-0.1, -0.05) is 0 Å². The van der Waals surface area contributed by atoms with Gasteiger partial charge in [-0.05, 0) is 18.2 Å². The molecule has 2 rings (SSSR count). The average molecular weight is 224 g/mol. The van der Waals surface area contributed by atoms with Crippen LogP contribution in [0.3, 0.4) is 0 Å². The maximum atomic E-state index is 13.3. The summed E-state index contributed by atoms with van der Waals surface area (Å²) in [4.78, 5) is 16.7. The molecule has 0 amide bonds. The molecule has 0 aliphatic heterocycles. The molecule has 0 aliphatic carbocycles. The number of rotatable bonds is 1. The van der Waals surface area contributed by atoms with Crippen LogP contribution in [-0.2, 0) is 0 Å². The Balaban J connectivity index is 2.66. The molecule has 0 spiro atoms. The third-order valence-corrected chi connectivity index (χ3v) is 1.91. The van der Waals surface area contributed by atoms with Gasteiger partial charge in [-0.15, -0.1) is 0 Å². The van der Waals surface area contributed by atoms with Crippen LogP contribution in [0.25, 0.3) is 11.4 Å². The number of benzene rings is 1. The molecule has 2 aromatic rings. The molecule has 4 nitrogen and oxygen atoms in total. The predicted molar refractivity (Wildman–Crippen MR) is 51.9 cm³/mol. The number of aromatic amines is 1. The lowest BCUT2D eigenvalue weighted by atomic mass is 10.2. The van der Waals surface area contributed by atoms with E-state index < -0.39 is 23.1 Å². The minimum atomic E-state index is -0.741. The number of aromatic hydroxyl groups is 1. The highest BCUT2D eigenvalue weighted by molar-refractivity contribution is 5.56. The van der Waals surface area contributed by atoms with Crippen LogP contribution < -0.4 is 5.56 Å². The highest BCUT2D eigenvalue weighted by Crippen LogP contribution is 2.20. The number of halogens is 2. The minimum Gasteiger partial charge on any atom is -0.493 e. The van der Waals surface area contributed by atoms with Gasteiger partial charge in [0.05, 0.1) is 11.6 Å². The Morgan fingerprint density at radius 2 is 2.00 bits per heavy atom. The van der Waals surface area contributed by atoms with Crippen LogP contribution in [0.4, 0.5) is 8.78 Å². The van der Waals surface area contributed by atoms with Crippen molar-refractivity contribution < 1.29 is 13.9 Å². The maximum Gasteiger partial charge on any atom is 0.254 e. The summed E-state index contributed by atoms with van der Waals surface area (Å²) in [5.74, 6) is -2.18. The molecular formula is C10H6F2N2O2. The van der Waals surface area contributed by atoms with Gasteiger partial charge in [-0.3, -0.25) is 4.79 Å². The summed E-state index contributed by atoms with van der Waals surface area (Å²) in [5.41, 5.74) is -0.862. The molecule has 0 atom stereocenters. The summed E-state index contributed by atoms with van der Waals surface area (Å²) in [6.45, 7) is 0. The average Bonchev–Trinajstić information content (AvgIpc) is 2.20. The van der Waals surface area contributed by atoms with Crippen LogP contribution in [-0.4, -0.2) is 15.1 Å². The van der Waals surface area contributed by atoms with E-state index in [2.05, 4.69) is 9.97 Å². The molecule has 0 bridgehead atoms. The third-order valence-electron chi connectivity index (χ3n) is 1.91. The van der Waals surface area contributed by atoms with E-state index in [0.717, 1.165) is 24.3 Å². The van der Waals surface area contributed by atoms with Crippen LogP contribution >= 0.6 is 0 Å². The molecule has 0 radical (unpaired) electrons. The van der Waals surface area contributed by atoms with Crippen LogP contribution in [0.1, 0.15) is 0 Å². The summed E-state index contributed by atoms with van der Waals surface area (Å²) in [6, 6.07) is 3.57. The molecule has 82 valence electrons. The van der Waals surface area contributed by atoms with Crippen LogP contribution in [0.15, 0.2) is 29.1 Å². The molecule has 6 heteroatoms. The largest absolute Gasteiger partial charge is 0.493 e. The first-order valence-corrected chi connectivity index (χ1v) is 4.32. The number of nitrogens with one attached hydrogen (secondary N) is 1. The SMILES string of the molecule is O=c1cc(O)nc(-c2cc(F)ccc2F)[nH]1. The molecular weight excluding hydrogens is 218 g/mol. The van der Waals surface area contributed by atoms with E-state index in [-0.39, 0.29) is 11.4 Å². The summed E-state index contributed by atoms with van der Waals surface area (Å²) in [7, 11) is 0. The van der Waals surface area contributed by atoms with E-state index in [1.807, 2.05) is 0 Å². The third kappa shape index (κ3) is 1.90. The van der Waals surface area contributed by atoms with Gasteiger partial charge in [0.1, 0.15) is 17.5 Å². The molecule has 0 saturated heterocycles. The summed E-state index contributed by atoms with van der Waals surface area (Å²) in [6.07, 6.45) is 0. The van der Waals surface area contributed by atoms with E-state index in [4.69, 9.17) is 5.11 Å². The summed E-state index contributed by atoms with van der Waals surface area (Å²) >= 11 is 0. The topological polar surface area (TPSA) is 66.0 Å². The van der Waals surface area contributed by atoms with Crippen molar-refractivity contribution in [3.8, 4) is 17.3 Å². The van der Waals surface area contributed by atoms with Gasteiger partial charge in [-0.2, -0.15) is 4.98 Å². The van der Waals surface area contributed by atoms with Crippen molar-refractivity contribution in [3.63, 3.8) is 0 Å². The normalized spacial score (nSPS) is 10.4. The van der Waals surface area contributed by atoms with Crippen molar-refractivity contribution in [2.45, 2.75) is 0 Å². The maximum absolute atomic E-state index is 13.3. The molecule has 0 aliphatic rings. The molecule has 0 fully saturated rings. The Kier molecular flexibility index (Phi) is 2.40. The lowest BCUT2D eigenvalue weighted by Gasteiger charge is -2.02. The highest BCUT2D eigenvalue weighted by atomic mass is 19.1. The van der Waals surface area contributed by atoms with Gasteiger partial charge in [-0.25, -0.2) is 8.78 Å². The molecule has 1 heterocycles. The van der Waals surface area contributed by atoms with Gasteiger partial charge in [0, 0.05) is 0 Å². The van der Waals surface area contributed by atoms with Gasteiger partial charge < -0.3 is 10.1 Å². The first-order chi connectivity index (χ1) is 7.56. The molecule has 16 heavy (non-hydrogen) atoms. The van der Waals surface area contributed by atoms with Crippen LogP contribution in [0.5, 0.6) is 5.88 Å². The number of H-pyrrole nitrogens is 1. The van der Waals surface area contributed by atoms with Gasteiger partial charge in [0.25, 0.3) is 5.56 Å². The molecule has 1 aromatic carbocycles. The molecule has 2 N–H and O–H groups in total. The Morgan fingerprint density at radius 1 is 1.25 bits per heavy atom. The Hall–Kier alpha value is -2.24. The zero-order valence-corrected chi connectivity index (χ0v) is 7.87. The standard InChI is InChI=1S/C10H6F2N2O2/c11-5-1-2-7(12)6(3-5)10-13-8(15)4-9(16)14-10/h1-4H,(H2,13,14,15,16). The van der Waals surface area contributed by atoms with Gasteiger partial charge in [0.2, 0.25) is 5.88 Å². The van der Waals surface area contributed by atoms with E-state index in [1.165, 1.54) is 0 Å². The van der Waals surface area contributed by atoms with Crippen LogP contribution in [0.2, 0.25) is 0 Å². The number of nitrogens with zero attached hydrogens (tertiary/aromatic N) is 1. The van der Waals surface area contributed by atoms with Gasteiger partial charge in [0.15, 0.2) is 0 Å². The fourth-order valence-electron chi connectivity index (χ4n) is 1.25. The van der Waals surface area contributed by atoms with E-state index in [9.17, 15) is 13.6 Å². The van der Waals surface area contributed by atoms with Crippen LogP contribution in [0, 0.1) is 11.6 Å². The quantitative estimate of drug-likeness (QED) is 0.769. The van der Waals surface area contributed by atoms with Gasteiger partial charge >= 0.3 is 0 Å². The molecule has 1 aromatic heterocycles. The minimum absolute atomic E-state index is 0.215. The first-order valence-electron chi connectivity index (χ1n) is 4.32. The Bertz CT molecular complexity index is 596. The number of hydrogen-bond donors (Lipinski definition) is 2. The second-order valence-electron chi connectivity index (χ2n) is 3.08. The Labute approximate surface area is 88.2 Å². The highest BCUT2D eigenvalue weighted by Gasteiger charge is 2.10. The second-order valence-corrected chi connectivity index (χ2v) is 3.08. The van der Waals surface area contributed by atoms with Crippen molar-refractivity contribution in [1.82, 2.24) is 9.97 Å². The van der Waals surface area contributed by atoms with E-state index >= 15 is 0 Å². The van der Waals surface area contributed by atoms with E-state index in [1.54, 1.807) is 0 Å². The monoisotopic (exact) mass is 224 g/mol. The van der Waals surface area contributed by atoms with Crippen molar-refractivity contribution in [2.24, 2.45) is 0 Å². The fourth-order valence-corrected chi connectivity index (χ4v) is 1.25. The molecule has 0 saturated carbocycles. The smallest absolute Gasteiger partial charge is 0.254 e. The Morgan fingerprint density at radius 3 is 2.69 bits per heavy atom. The second kappa shape index (κ2) is 3.73. The zero-order chi connectivity index (χ0) is 11.7. The lowest BCUT2D eigenvalue weighted by molar-refractivity contribution is 0.451. The van der Waals surface area contributed by atoms with E-state index in [0.29, 0.717) is 0 Å².